The van der Waals surface area contributed by atoms with Gasteiger partial charge in [-0.3, -0.25) is 0 Å². The van der Waals surface area contributed by atoms with Gasteiger partial charge in [0, 0.05) is 0 Å². The lowest BCUT2D eigenvalue weighted by Crippen LogP contribution is -1.96. The predicted octanol–water partition coefficient (Wildman–Crippen LogP) is 4.50. The van der Waals surface area contributed by atoms with Crippen LogP contribution in [0, 0.1) is 0 Å². The van der Waals surface area contributed by atoms with E-state index < -0.39 is 0 Å². The lowest BCUT2D eigenvalue weighted by molar-refractivity contribution is 0.355. The van der Waals surface area contributed by atoms with Crippen molar-refractivity contribution in [1.29, 1.82) is 0 Å². The van der Waals surface area contributed by atoms with Gasteiger partial charge in [0.1, 0.15) is 5.75 Å². The Morgan fingerprint density at radius 2 is 1.48 bits per heavy atom. The summed E-state index contributed by atoms with van der Waals surface area (Å²) in [7, 11) is 4.97. The molecular weight excluding hydrogens is 264 g/mol. The van der Waals surface area contributed by atoms with Crippen LogP contribution >= 0.6 is 0 Å². The van der Waals surface area contributed by atoms with E-state index in [1.165, 1.54) is 5.56 Å². The smallest absolute Gasteiger partial charge is 0.161 e. The van der Waals surface area contributed by atoms with E-state index in [0.29, 0.717) is 5.92 Å². The highest BCUT2D eigenvalue weighted by Crippen LogP contribution is 2.37. The number of methoxy groups -OCH3 is 3. The number of ether oxygens (including phenoxy) is 3. The molecule has 21 heavy (non-hydrogen) atoms. The molecule has 0 saturated heterocycles. The molecule has 0 N–H and O–H groups in total. The largest absolute Gasteiger partial charge is 0.497 e. The molecule has 0 saturated carbocycles. The van der Waals surface area contributed by atoms with Gasteiger partial charge in [-0.25, -0.2) is 0 Å². The molecule has 0 aromatic heterocycles. The molecule has 0 heterocycles. The molecule has 0 atom stereocenters. The summed E-state index contributed by atoms with van der Waals surface area (Å²) >= 11 is 0. The Kier molecular flexibility index (Phi) is 4.73. The van der Waals surface area contributed by atoms with Gasteiger partial charge >= 0.3 is 0 Å². The normalized spacial score (nSPS) is 10.6. The zero-order valence-corrected chi connectivity index (χ0v) is 13.3. The molecule has 0 unspecified atom stereocenters. The maximum absolute atomic E-state index is 5.40. The molecule has 0 fully saturated rings. The first-order chi connectivity index (χ1) is 10.1. The number of hydrogen-bond acceptors (Lipinski definition) is 3. The molecule has 0 aliphatic rings. The van der Waals surface area contributed by atoms with Gasteiger partial charge in [0.25, 0.3) is 0 Å². The summed E-state index contributed by atoms with van der Waals surface area (Å²) in [6, 6.07) is 12.2. The predicted molar refractivity (Wildman–Crippen MR) is 85.6 cm³/mol. The Bertz CT molecular complexity index is 618. The van der Waals surface area contributed by atoms with Crippen LogP contribution in [0.25, 0.3) is 11.1 Å². The molecule has 2 aromatic carbocycles. The third kappa shape index (κ3) is 3.13. The third-order valence-electron chi connectivity index (χ3n) is 3.58. The molecule has 0 amide bonds. The van der Waals surface area contributed by atoms with E-state index >= 15 is 0 Å². The van der Waals surface area contributed by atoms with Crippen molar-refractivity contribution in [2.45, 2.75) is 19.8 Å². The summed E-state index contributed by atoms with van der Waals surface area (Å²) in [6.45, 7) is 4.37. The Hall–Kier alpha value is -2.16. The second-order valence-corrected chi connectivity index (χ2v) is 5.18. The van der Waals surface area contributed by atoms with Crippen LogP contribution in [0.5, 0.6) is 17.2 Å². The van der Waals surface area contributed by atoms with E-state index in [1.807, 2.05) is 24.3 Å². The first-order valence-corrected chi connectivity index (χ1v) is 7.01. The minimum Gasteiger partial charge on any atom is -0.497 e. The van der Waals surface area contributed by atoms with Crippen molar-refractivity contribution in [2.24, 2.45) is 0 Å². The quantitative estimate of drug-likeness (QED) is 0.809. The van der Waals surface area contributed by atoms with E-state index in [0.717, 1.165) is 28.4 Å². The van der Waals surface area contributed by atoms with Crippen molar-refractivity contribution in [3.8, 4) is 28.4 Å². The Morgan fingerprint density at radius 1 is 0.762 bits per heavy atom. The maximum Gasteiger partial charge on any atom is 0.161 e. The van der Waals surface area contributed by atoms with Crippen molar-refractivity contribution < 1.29 is 14.2 Å². The SMILES string of the molecule is COc1ccc(C(C)C)c(-c2ccc(OC)c(OC)c2)c1. The van der Waals surface area contributed by atoms with E-state index in [-0.39, 0.29) is 0 Å². The topological polar surface area (TPSA) is 27.7 Å². The van der Waals surface area contributed by atoms with Crippen LogP contribution in [-0.2, 0) is 0 Å². The standard InChI is InChI=1S/C18H22O3/c1-12(2)15-8-7-14(19-3)11-16(15)13-6-9-17(20-4)18(10-13)21-5/h6-12H,1-5H3. The highest BCUT2D eigenvalue weighted by Gasteiger charge is 2.12. The molecule has 112 valence electrons. The summed E-state index contributed by atoms with van der Waals surface area (Å²) in [4.78, 5) is 0. The molecule has 3 nitrogen and oxygen atoms in total. The summed E-state index contributed by atoms with van der Waals surface area (Å²) in [5, 5.41) is 0. The van der Waals surface area contributed by atoms with Crippen LogP contribution in [0.1, 0.15) is 25.3 Å². The van der Waals surface area contributed by atoms with Crippen LogP contribution in [0.3, 0.4) is 0 Å². The molecule has 0 aliphatic heterocycles. The van der Waals surface area contributed by atoms with Crippen LogP contribution in [0.15, 0.2) is 36.4 Å². The lowest BCUT2D eigenvalue weighted by Gasteiger charge is -2.16. The zero-order chi connectivity index (χ0) is 15.4. The Balaban J connectivity index is 2.59. The molecule has 0 spiro atoms. The van der Waals surface area contributed by atoms with Crippen molar-refractivity contribution in [3.05, 3.63) is 42.0 Å². The van der Waals surface area contributed by atoms with Crippen LogP contribution in [0.4, 0.5) is 0 Å². The highest BCUT2D eigenvalue weighted by atomic mass is 16.5. The Labute approximate surface area is 126 Å². The molecule has 0 bridgehead atoms. The second-order valence-electron chi connectivity index (χ2n) is 5.18. The summed E-state index contributed by atoms with van der Waals surface area (Å²) in [6.07, 6.45) is 0. The monoisotopic (exact) mass is 286 g/mol. The average Bonchev–Trinajstić information content (AvgIpc) is 2.53. The van der Waals surface area contributed by atoms with Gasteiger partial charge in [0.2, 0.25) is 0 Å². The number of hydrogen-bond donors (Lipinski definition) is 0. The fourth-order valence-corrected chi connectivity index (χ4v) is 2.42. The molecular formula is C18H22O3. The fourth-order valence-electron chi connectivity index (χ4n) is 2.42. The van der Waals surface area contributed by atoms with Crippen molar-refractivity contribution in [1.82, 2.24) is 0 Å². The lowest BCUT2D eigenvalue weighted by atomic mass is 9.92. The minimum atomic E-state index is 0.430. The molecule has 0 aliphatic carbocycles. The molecule has 3 heteroatoms. The zero-order valence-electron chi connectivity index (χ0n) is 13.3. The van der Waals surface area contributed by atoms with Crippen LogP contribution in [0.2, 0.25) is 0 Å². The van der Waals surface area contributed by atoms with Crippen molar-refractivity contribution in [2.75, 3.05) is 21.3 Å². The van der Waals surface area contributed by atoms with E-state index in [2.05, 4.69) is 26.0 Å². The van der Waals surface area contributed by atoms with Gasteiger partial charge in [-0.05, 0) is 46.9 Å². The van der Waals surface area contributed by atoms with Crippen molar-refractivity contribution >= 4 is 0 Å². The first kappa shape index (κ1) is 15.2. The second kappa shape index (κ2) is 6.53. The summed E-state index contributed by atoms with van der Waals surface area (Å²) in [5.41, 5.74) is 3.53. The minimum absolute atomic E-state index is 0.430. The van der Waals surface area contributed by atoms with Gasteiger partial charge in [-0.1, -0.05) is 26.0 Å². The average molecular weight is 286 g/mol. The van der Waals surface area contributed by atoms with Gasteiger partial charge in [-0.2, -0.15) is 0 Å². The van der Waals surface area contributed by atoms with E-state index in [1.54, 1.807) is 21.3 Å². The first-order valence-electron chi connectivity index (χ1n) is 7.01. The maximum atomic E-state index is 5.40. The highest BCUT2D eigenvalue weighted by molar-refractivity contribution is 5.72. The van der Waals surface area contributed by atoms with E-state index in [4.69, 9.17) is 14.2 Å². The fraction of sp³-hybridized carbons (Fsp3) is 0.333. The third-order valence-corrected chi connectivity index (χ3v) is 3.58. The summed E-state index contributed by atoms with van der Waals surface area (Å²) < 4.78 is 16.1. The van der Waals surface area contributed by atoms with Crippen LogP contribution < -0.4 is 14.2 Å². The molecule has 2 aromatic rings. The molecule has 0 radical (unpaired) electrons. The van der Waals surface area contributed by atoms with Crippen LogP contribution in [-0.4, -0.2) is 21.3 Å². The molecule has 2 rings (SSSR count). The van der Waals surface area contributed by atoms with Gasteiger partial charge in [-0.15, -0.1) is 0 Å². The number of benzene rings is 2. The van der Waals surface area contributed by atoms with Gasteiger partial charge in [0.15, 0.2) is 11.5 Å². The van der Waals surface area contributed by atoms with Gasteiger partial charge in [0.05, 0.1) is 21.3 Å². The van der Waals surface area contributed by atoms with Crippen molar-refractivity contribution in [3.63, 3.8) is 0 Å². The van der Waals surface area contributed by atoms with Gasteiger partial charge < -0.3 is 14.2 Å². The number of rotatable bonds is 5. The Morgan fingerprint density at radius 3 is 2.05 bits per heavy atom. The van der Waals surface area contributed by atoms with E-state index in [9.17, 15) is 0 Å². The summed E-state index contributed by atoms with van der Waals surface area (Å²) in [5.74, 6) is 2.74.